The zero-order valence-electron chi connectivity index (χ0n) is 15.6. The molecular weight excluding hydrogens is 316 g/mol. The number of fused-ring (bicyclic) bond motifs is 3. The van der Waals surface area contributed by atoms with Crippen LogP contribution in [0.25, 0.3) is 0 Å². The monoisotopic (exact) mass is 344 g/mol. The lowest BCUT2D eigenvalue weighted by atomic mass is 9.53. The highest BCUT2D eigenvalue weighted by Gasteiger charge is 2.53. The van der Waals surface area contributed by atoms with Crippen LogP contribution in [0.2, 0.25) is 0 Å². The lowest BCUT2D eigenvalue weighted by Crippen LogP contribution is -2.52. The Morgan fingerprint density at radius 2 is 2.04 bits per heavy atom. The third kappa shape index (κ3) is 2.46. The van der Waals surface area contributed by atoms with Crippen LogP contribution < -0.4 is 4.74 Å². The van der Waals surface area contributed by atoms with Gasteiger partial charge in [-0.1, -0.05) is 39.5 Å². The standard InChI is InChI=1S/C21H28O4/c1-12(2)14-6-7-15-18(19(14)25-5)17(23)10-16-13(3)21(24,11-22)9-8-20(15,16)4/h6-7,12,16,22,24H,3,8-11H2,1-2,4-5H3/t16-,20+,21+/m0/s1. The molecule has 1 fully saturated rings. The maximum atomic E-state index is 13.0. The molecule has 0 spiro atoms. The predicted octanol–water partition coefficient (Wildman–Crippen LogP) is 3.35. The number of aliphatic hydroxyl groups excluding tert-OH is 1. The Morgan fingerprint density at radius 1 is 1.36 bits per heavy atom. The van der Waals surface area contributed by atoms with E-state index in [2.05, 4.69) is 33.4 Å². The Kier molecular flexibility index (Phi) is 4.33. The lowest BCUT2D eigenvalue weighted by Gasteiger charge is -2.52. The minimum absolute atomic E-state index is 0.0279. The maximum absolute atomic E-state index is 13.0. The van der Waals surface area contributed by atoms with Gasteiger partial charge in [-0.3, -0.25) is 4.79 Å². The number of Topliss-reactive ketones (excluding diaryl/α,β-unsaturated/α-hetero) is 1. The van der Waals surface area contributed by atoms with Gasteiger partial charge in [0, 0.05) is 11.8 Å². The van der Waals surface area contributed by atoms with Crippen molar-refractivity contribution < 1.29 is 19.7 Å². The van der Waals surface area contributed by atoms with Crippen LogP contribution in [0.4, 0.5) is 0 Å². The molecule has 0 bridgehead atoms. The summed E-state index contributed by atoms with van der Waals surface area (Å²) in [6, 6.07) is 4.10. The van der Waals surface area contributed by atoms with Crippen LogP contribution in [-0.2, 0) is 5.41 Å². The van der Waals surface area contributed by atoms with Gasteiger partial charge < -0.3 is 14.9 Å². The predicted molar refractivity (Wildman–Crippen MR) is 97.3 cm³/mol. The van der Waals surface area contributed by atoms with Crippen LogP contribution in [0, 0.1) is 5.92 Å². The number of hydrogen-bond acceptors (Lipinski definition) is 4. The number of methoxy groups -OCH3 is 1. The summed E-state index contributed by atoms with van der Waals surface area (Å²) >= 11 is 0. The van der Waals surface area contributed by atoms with Crippen LogP contribution in [-0.4, -0.2) is 35.3 Å². The first-order valence-electron chi connectivity index (χ1n) is 8.96. The van der Waals surface area contributed by atoms with Crippen molar-refractivity contribution in [2.24, 2.45) is 5.92 Å². The summed E-state index contributed by atoms with van der Waals surface area (Å²) in [5.74, 6) is 0.804. The number of ether oxygens (including phenoxy) is 1. The molecule has 0 amide bonds. The van der Waals surface area contributed by atoms with E-state index in [1.807, 2.05) is 6.07 Å². The Hall–Kier alpha value is -1.65. The van der Waals surface area contributed by atoms with Gasteiger partial charge in [-0.2, -0.15) is 0 Å². The fraction of sp³-hybridized carbons (Fsp3) is 0.571. The van der Waals surface area contributed by atoms with Crippen LogP contribution in [0.3, 0.4) is 0 Å². The molecule has 0 saturated heterocycles. The molecular formula is C21H28O4. The van der Waals surface area contributed by atoms with Gasteiger partial charge in [0.1, 0.15) is 11.4 Å². The third-order valence-electron chi connectivity index (χ3n) is 6.40. The average molecular weight is 344 g/mol. The summed E-state index contributed by atoms with van der Waals surface area (Å²) in [5.41, 5.74) is 1.72. The van der Waals surface area contributed by atoms with E-state index in [4.69, 9.17) is 4.74 Å². The molecule has 0 radical (unpaired) electrons. The minimum Gasteiger partial charge on any atom is -0.496 e. The number of carbonyl (C=O) groups is 1. The van der Waals surface area contributed by atoms with E-state index in [0.29, 0.717) is 36.1 Å². The molecule has 0 aliphatic heterocycles. The van der Waals surface area contributed by atoms with Gasteiger partial charge in [0.25, 0.3) is 0 Å². The van der Waals surface area contributed by atoms with E-state index in [1.165, 1.54) is 0 Å². The van der Waals surface area contributed by atoms with E-state index in [9.17, 15) is 15.0 Å². The number of rotatable bonds is 3. The van der Waals surface area contributed by atoms with E-state index in [0.717, 1.165) is 11.1 Å². The molecule has 1 aromatic rings. The molecule has 0 heterocycles. The Bertz CT molecular complexity index is 736. The Labute approximate surface area is 149 Å². The highest BCUT2D eigenvalue weighted by atomic mass is 16.5. The fourth-order valence-electron chi connectivity index (χ4n) is 4.68. The zero-order chi connectivity index (χ0) is 18.6. The van der Waals surface area contributed by atoms with Crippen molar-refractivity contribution in [3.8, 4) is 5.75 Å². The second kappa shape index (κ2) is 5.96. The highest BCUT2D eigenvalue weighted by molar-refractivity contribution is 6.02. The summed E-state index contributed by atoms with van der Waals surface area (Å²) in [4.78, 5) is 13.0. The topological polar surface area (TPSA) is 66.8 Å². The van der Waals surface area contributed by atoms with Crippen molar-refractivity contribution in [3.63, 3.8) is 0 Å². The van der Waals surface area contributed by atoms with Crippen LogP contribution >= 0.6 is 0 Å². The van der Waals surface area contributed by atoms with Crippen LogP contribution in [0.5, 0.6) is 5.75 Å². The van der Waals surface area contributed by atoms with Gasteiger partial charge in [-0.15, -0.1) is 0 Å². The molecule has 2 aliphatic rings. The molecule has 3 rings (SSSR count). The van der Waals surface area contributed by atoms with Gasteiger partial charge in [-0.25, -0.2) is 0 Å². The molecule has 1 saturated carbocycles. The van der Waals surface area contributed by atoms with Crippen molar-refractivity contribution >= 4 is 5.78 Å². The lowest BCUT2D eigenvalue weighted by molar-refractivity contribution is -0.0291. The van der Waals surface area contributed by atoms with Crippen molar-refractivity contribution in [1.82, 2.24) is 0 Å². The molecule has 1 aromatic carbocycles. The molecule has 2 aliphatic carbocycles. The molecule has 25 heavy (non-hydrogen) atoms. The summed E-state index contributed by atoms with van der Waals surface area (Å²) in [5, 5.41) is 20.3. The summed E-state index contributed by atoms with van der Waals surface area (Å²) < 4.78 is 5.66. The largest absolute Gasteiger partial charge is 0.496 e. The first-order chi connectivity index (χ1) is 11.7. The van der Waals surface area contributed by atoms with Gasteiger partial charge in [0.15, 0.2) is 5.78 Å². The van der Waals surface area contributed by atoms with E-state index in [1.54, 1.807) is 7.11 Å². The number of hydrogen-bond donors (Lipinski definition) is 2. The van der Waals surface area contributed by atoms with Crippen molar-refractivity contribution in [3.05, 3.63) is 41.0 Å². The fourth-order valence-corrected chi connectivity index (χ4v) is 4.68. The summed E-state index contributed by atoms with van der Waals surface area (Å²) in [6.07, 6.45) is 1.43. The maximum Gasteiger partial charge on any atom is 0.167 e. The molecule has 3 atom stereocenters. The molecule has 2 N–H and O–H groups in total. The molecule has 0 unspecified atom stereocenters. The quantitative estimate of drug-likeness (QED) is 0.825. The molecule has 4 heteroatoms. The first-order valence-corrected chi connectivity index (χ1v) is 8.96. The number of aliphatic hydroxyl groups is 2. The van der Waals surface area contributed by atoms with Gasteiger partial charge >= 0.3 is 0 Å². The van der Waals surface area contributed by atoms with Crippen molar-refractivity contribution in [2.45, 2.75) is 57.0 Å². The van der Waals surface area contributed by atoms with E-state index < -0.39 is 5.60 Å². The molecule has 136 valence electrons. The molecule has 0 aromatic heterocycles. The SMILES string of the molecule is C=C1[C@@H]2CC(=O)c3c(ccc(C(C)C)c3OC)[C@@]2(C)CC[C@@]1(O)CO. The van der Waals surface area contributed by atoms with Gasteiger partial charge in [-0.05, 0) is 41.4 Å². The van der Waals surface area contributed by atoms with Crippen LogP contribution in [0.1, 0.15) is 67.4 Å². The average Bonchev–Trinajstić information content (AvgIpc) is 2.59. The van der Waals surface area contributed by atoms with Crippen LogP contribution in [0.15, 0.2) is 24.3 Å². The second-order valence-corrected chi connectivity index (χ2v) is 8.08. The van der Waals surface area contributed by atoms with Crippen molar-refractivity contribution in [1.29, 1.82) is 0 Å². The second-order valence-electron chi connectivity index (χ2n) is 8.08. The van der Waals surface area contributed by atoms with E-state index >= 15 is 0 Å². The Balaban J connectivity index is 2.19. The summed E-state index contributed by atoms with van der Waals surface area (Å²) in [6.45, 7) is 10.0. The van der Waals surface area contributed by atoms with Gasteiger partial charge in [0.2, 0.25) is 0 Å². The van der Waals surface area contributed by atoms with Gasteiger partial charge in [0.05, 0.1) is 19.3 Å². The highest BCUT2D eigenvalue weighted by Crippen LogP contribution is 2.56. The smallest absolute Gasteiger partial charge is 0.167 e. The normalized spacial score (nSPS) is 31.7. The van der Waals surface area contributed by atoms with Crippen molar-refractivity contribution in [2.75, 3.05) is 13.7 Å². The Morgan fingerprint density at radius 3 is 2.60 bits per heavy atom. The van der Waals surface area contributed by atoms with E-state index in [-0.39, 0.29) is 29.6 Å². The summed E-state index contributed by atoms with van der Waals surface area (Å²) in [7, 11) is 1.62. The number of carbonyl (C=O) groups excluding carboxylic acids is 1. The minimum atomic E-state index is -1.29. The zero-order valence-corrected chi connectivity index (χ0v) is 15.6. The third-order valence-corrected chi connectivity index (χ3v) is 6.40. The molecule has 4 nitrogen and oxygen atoms in total. The first kappa shape index (κ1) is 18.2. The number of benzene rings is 1. The number of ketones is 1.